The van der Waals surface area contributed by atoms with Gasteiger partial charge in [0, 0.05) is 38.8 Å². The molecule has 2 nitrogen and oxygen atoms in total. The van der Waals surface area contributed by atoms with Gasteiger partial charge in [0.05, 0.1) is 22.1 Å². The van der Waals surface area contributed by atoms with Gasteiger partial charge < -0.3 is 9.47 Å². The lowest BCUT2D eigenvalue weighted by atomic mass is 9.55. The summed E-state index contributed by atoms with van der Waals surface area (Å²) in [5, 5.41) is 2.48. The van der Waals surface area contributed by atoms with Gasteiger partial charge in [-0.3, -0.25) is 0 Å². The summed E-state index contributed by atoms with van der Waals surface area (Å²) in [6.07, 6.45) is 0. The second-order valence-electron chi connectivity index (χ2n) is 21.5. The molecule has 0 aliphatic heterocycles. The van der Waals surface area contributed by atoms with Crippen LogP contribution in [0.3, 0.4) is 0 Å². The molecule has 15 rings (SSSR count). The van der Waals surface area contributed by atoms with E-state index < -0.39 is 5.41 Å². The molecule has 0 bridgehead atoms. The number of anilines is 3. The predicted molar refractivity (Wildman–Crippen MR) is 327 cm³/mol. The average Bonchev–Trinajstić information content (AvgIpc) is 2.97. The lowest BCUT2D eigenvalue weighted by Crippen LogP contribution is -2.40. The van der Waals surface area contributed by atoms with Gasteiger partial charge in [0.15, 0.2) is 0 Å². The maximum Gasteiger partial charge on any atom is 0.0720 e. The molecule has 13 aromatic rings. The van der Waals surface area contributed by atoms with Crippen molar-refractivity contribution in [2.24, 2.45) is 0 Å². The van der Waals surface area contributed by atoms with Crippen LogP contribution < -0.4 is 4.90 Å². The second kappa shape index (κ2) is 17.9. The highest BCUT2D eigenvalue weighted by Crippen LogP contribution is 2.63. The Labute approximate surface area is 456 Å². The van der Waals surface area contributed by atoms with Gasteiger partial charge in [-0.1, -0.05) is 250 Å². The average molecular weight is 995 g/mol. The summed E-state index contributed by atoms with van der Waals surface area (Å²) in [6, 6.07) is 108. The van der Waals surface area contributed by atoms with E-state index in [1.807, 2.05) is 0 Å². The molecule has 1 heterocycles. The maximum atomic E-state index is 2.53. The van der Waals surface area contributed by atoms with Crippen LogP contribution in [-0.4, -0.2) is 4.57 Å². The summed E-state index contributed by atoms with van der Waals surface area (Å²) >= 11 is 0. The van der Waals surface area contributed by atoms with Gasteiger partial charge in [-0.05, 0) is 138 Å². The number of aromatic nitrogens is 1. The number of fused-ring (bicyclic) bond motifs is 12. The van der Waals surface area contributed by atoms with E-state index in [4.69, 9.17) is 0 Å². The summed E-state index contributed by atoms with van der Waals surface area (Å²) in [7, 11) is 0. The SMILES string of the molecule is CC1(C)c2ccccc2C2(c3ccccc3-c3ccc(N(c4cccc(-c5ccc6c7ccccc7n(-c7ccccc7)c6c5)c4)c4ccccc4-c4ccccc4-c4ccccc4-c4ccccc4)cc32)c2ccccc21. The molecule has 12 aromatic carbocycles. The first-order chi connectivity index (χ1) is 38.5. The molecule has 78 heavy (non-hydrogen) atoms. The molecule has 1 spiro atoms. The number of nitrogens with zero attached hydrogens (tertiary/aromatic N) is 2. The van der Waals surface area contributed by atoms with E-state index in [0.717, 1.165) is 39.4 Å². The minimum Gasteiger partial charge on any atom is -0.310 e. The zero-order valence-corrected chi connectivity index (χ0v) is 43.6. The molecule has 0 atom stereocenters. The van der Waals surface area contributed by atoms with Crippen LogP contribution in [0.4, 0.5) is 17.1 Å². The van der Waals surface area contributed by atoms with Crippen molar-refractivity contribution in [2.45, 2.75) is 24.7 Å². The maximum absolute atomic E-state index is 2.53. The molecular formula is C76H54N2. The van der Waals surface area contributed by atoms with E-state index in [1.54, 1.807) is 0 Å². The minimum atomic E-state index is -0.557. The molecule has 0 N–H and O–H groups in total. The fraction of sp³-hybridized carbons (Fsp3) is 0.0526. The van der Waals surface area contributed by atoms with Crippen LogP contribution in [0.5, 0.6) is 0 Å². The number of para-hydroxylation sites is 3. The second-order valence-corrected chi connectivity index (χ2v) is 21.5. The van der Waals surface area contributed by atoms with E-state index in [9.17, 15) is 0 Å². The summed E-state index contributed by atoms with van der Waals surface area (Å²) in [6.45, 7) is 4.80. The Kier molecular flexibility index (Phi) is 10.5. The van der Waals surface area contributed by atoms with Gasteiger partial charge in [0.25, 0.3) is 0 Å². The summed E-state index contributed by atoms with van der Waals surface area (Å²) < 4.78 is 2.41. The summed E-state index contributed by atoms with van der Waals surface area (Å²) in [5.74, 6) is 0. The van der Waals surface area contributed by atoms with Gasteiger partial charge in [-0.25, -0.2) is 0 Å². The van der Waals surface area contributed by atoms with Crippen molar-refractivity contribution in [3.05, 3.63) is 325 Å². The molecule has 368 valence electrons. The highest BCUT2D eigenvalue weighted by molar-refractivity contribution is 6.10. The Balaban J connectivity index is 0.981. The fourth-order valence-corrected chi connectivity index (χ4v) is 13.7. The van der Waals surface area contributed by atoms with Crippen LogP contribution in [0.25, 0.3) is 83.1 Å². The lowest BCUT2D eigenvalue weighted by Gasteiger charge is -2.46. The molecule has 0 fully saturated rings. The molecule has 0 saturated heterocycles. The normalized spacial score (nSPS) is 13.5. The number of hydrogen-bond acceptors (Lipinski definition) is 1. The van der Waals surface area contributed by atoms with E-state index >= 15 is 0 Å². The van der Waals surface area contributed by atoms with Crippen molar-refractivity contribution < 1.29 is 0 Å². The third-order valence-electron chi connectivity index (χ3n) is 17.1. The first kappa shape index (κ1) is 45.6. The van der Waals surface area contributed by atoms with Crippen LogP contribution in [0.2, 0.25) is 0 Å². The van der Waals surface area contributed by atoms with E-state index in [0.29, 0.717) is 0 Å². The minimum absolute atomic E-state index is 0.204. The molecule has 0 amide bonds. The topological polar surface area (TPSA) is 8.17 Å². The van der Waals surface area contributed by atoms with E-state index in [2.05, 4.69) is 315 Å². The van der Waals surface area contributed by atoms with Crippen LogP contribution >= 0.6 is 0 Å². The first-order valence-corrected chi connectivity index (χ1v) is 27.3. The smallest absolute Gasteiger partial charge is 0.0720 e. The predicted octanol–water partition coefficient (Wildman–Crippen LogP) is 19.9. The summed E-state index contributed by atoms with van der Waals surface area (Å²) in [5.41, 5.74) is 26.0. The van der Waals surface area contributed by atoms with Crippen molar-refractivity contribution in [1.29, 1.82) is 0 Å². The quantitative estimate of drug-likeness (QED) is 0.147. The number of hydrogen-bond donors (Lipinski definition) is 0. The highest BCUT2D eigenvalue weighted by atomic mass is 15.1. The molecule has 2 aliphatic carbocycles. The van der Waals surface area contributed by atoms with Crippen molar-refractivity contribution in [1.82, 2.24) is 4.57 Å². The summed E-state index contributed by atoms with van der Waals surface area (Å²) in [4.78, 5) is 2.53. The Morgan fingerprint density at radius 2 is 0.769 bits per heavy atom. The highest BCUT2D eigenvalue weighted by Gasteiger charge is 2.53. The zero-order chi connectivity index (χ0) is 52.0. The number of benzene rings is 12. The largest absolute Gasteiger partial charge is 0.310 e. The Morgan fingerprint density at radius 3 is 1.49 bits per heavy atom. The van der Waals surface area contributed by atoms with E-state index in [1.165, 1.54) is 94.1 Å². The van der Waals surface area contributed by atoms with Crippen LogP contribution in [0, 0.1) is 0 Å². The van der Waals surface area contributed by atoms with Crippen molar-refractivity contribution >= 4 is 38.9 Å². The van der Waals surface area contributed by atoms with Crippen molar-refractivity contribution in [3.8, 4) is 61.3 Å². The van der Waals surface area contributed by atoms with Crippen molar-refractivity contribution in [3.63, 3.8) is 0 Å². The Hall–Kier alpha value is -9.76. The standard InChI is InChI=1S/C76H54N2/c1-75(2)67-38-17-19-40-69(67)76(70-41-20-18-39-68(70)75)66-37-16-13-34-61(66)62-47-45-56(50-71(62)76)77(72-42-21-14-35-63(72)60-33-12-11-32-59(60)58-31-10-9-30-57(58)51-24-5-3-6-25-51)55-29-23-26-52(48-55)53-44-46-65-64-36-15-22-43-73(64)78(74(65)49-53)54-27-7-4-8-28-54/h3-50H,1-2H3. The first-order valence-electron chi connectivity index (χ1n) is 27.3. The molecule has 2 heteroatoms. The molecule has 0 unspecified atom stereocenters. The third kappa shape index (κ3) is 6.83. The number of rotatable bonds is 8. The third-order valence-corrected chi connectivity index (χ3v) is 17.1. The zero-order valence-electron chi connectivity index (χ0n) is 43.6. The van der Waals surface area contributed by atoms with Gasteiger partial charge in [0.2, 0.25) is 0 Å². The van der Waals surface area contributed by atoms with Crippen LogP contribution in [0.1, 0.15) is 47.2 Å². The lowest BCUT2D eigenvalue weighted by molar-refractivity contribution is 0.563. The van der Waals surface area contributed by atoms with E-state index in [-0.39, 0.29) is 5.41 Å². The van der Waals surface area contributed by atoms with Gasteiger partial charge >= 0.3 is 0 Å². The molecule has 1 aromatic heterocycles. The molecule has 0 saturated carbocycles. The molecule has 2 aliphatic rings. The van der Waals surface area contributed by atoms with Gasteiger partial charge in [-0.2, -0.15) is 0 Å². The van der Waals surface area contributed by atoms with Gasteiger partial charge in [0.1, 0.15) is 0 Å². The fourth-order valence-electron chi connectivity index (χ4n) is 13.7. The Morgan fingerprint density at radius 1 is 0.282 bits per heavy atom. The van der Waals surface area contributed by atoms with Gasteiger partial charge in [-0.15, -0.1) is 0 Å². The Bertz CT molecular complexity index is 4430. The van der Waals surface area contributed by atoms with Crippen LogP contribution in [0.15, 0.2) is 291 Å². The molecule has 0 radical (unpaired) electrons. The monoisotopic (exact) mass is 994 g/mol. The van der Waals surface area contributed by atoms with Crippen LogP contribution in [-0.2, 0) is 10.8 Å². The van der Waals surface area contributed by atoms with Crippen molar-refractivity contribution in [2.75, 3.05) is 4.90 Å². The molecular weight excluding hydrogens is 941 g/mol.